The summed E-state index contributed by atoms with van der Waals surface area (Å²) < 4.78 is 6.96. The number of rotatable bonds is 6. The van der Waals surface area contributed by atoms with Crippen LogP contribution in [0.15, 0.2) is 54.6 Å². The second-order valence-corrected chi connectivity index (χ2v) is 10.8. The molecule has 0 saturated carbocycles. The van der Waals surface area contributed by atoms with Gasteiger partial charge in [-0.3, -0.25) is 14.4 Å². The molecule has 1 aromatic rings. The molecule has 198 valence electrons. The number of hydrogen-bond donors (Lipinski definition) is 1. The van der Waals surface area contributed by atoms with E-state index in [9.17, 15) is 19.5 Å². The zero-order valence-electron chi connectivity index (χ0n) is 22.0. The zero-order valence-corrected chi connectivity index (χ0v) is 22.0. The smallest absolute Gasteiger partial charge is 0.249 e. The lowest BCUT2D eigenvalue weighted by molar-refractivity contribution is -0.156. The molecule has 1 unspecified atom stereocenters. The van der Waals surface area contributed by atoms with E-state index in [2.05, 4.69) is 0 Å². The molecule has 37 heavy (non-hydrogen) atoms. The number of ether oxygens (including phenoxy) is 1. The van der Waals surface area contributed by atoms with Crippen molar-refractivity contribution < 1.29 is 24.2 Å². The first-order valence-corrected chi connectivity index (χ1v) is 13.4. The maximum atomic E-state index is 14.4. The number of carbonyl (C=O) groups excluding carboxylic acids is 3. The van der Waals surface area contributed by atoms with Crippen LogP contribution in [0, 0.1) is 11.8 Å². The Balaban J connectivity index is 1.70. The van der Waals surface area contributed by atoms with Crippen molar-refractivity contribution in [2.24, 2.45) is 11.8 Å². The van der Waals surface area contributed by atoms with E-state index in [4.69, 9.17) is 4.74 Å². The van der Waals surface area contributed by atoms with Gasteiger partial charge in [-0.1, -0.05) is 56.4 Å². The highest BCUT2D eigenvalue weighted by molar-refractivity contribution is 6.04. The molecule has 0 aliphatic carbocycles. The highest BCUT2D eigenvalue weighted by Gasteiger charge is 2.75. The van der Waals surface area contributed by atoms with Crippen LogP contribution in [-0.2, 0) is 19.1 Å². The SMILES string of the molecule is CC[C@@H](CO)N1C(=O)[C@@H]2[C@@H]3C(=O)N(c4ccccc4)CC=C[C@]3(CC)O[C@@]23C=CCN(C(C)C)C(=O)C13. The van der Waals surface area contributed by atoms with Crippen molar-refractivity contribution in [3.63, 3.8) is 0 Å². The van der Waals surface area contributed by atoms with Crippen molar-refractivity contribution in [2.45, 2.75) is 69.9 Å². The summed E-state index contributed by atoms with van der Waals surface area (Å²) >= 11 is 0. The molecule has 1 aromatic carbocycles. The summed E-state index contributed by atoms with van der Waals surface area (Å²) in [6.07, 6.45) is 8.60. The Bertz CT molecular complexity index is 1130. The molecule has 4 aliphatic heterocycles. The van der Waals surface area contributed by atoms with Crippen LogP contribution >= 0.6 is 0 Å². The Hall–Kier alpha value is -2.97. The average molecular weight is 508 g/mol. The minimum absolute atomic E-state index is 0.0837. The number of aliphatic hydroxyl groups excluding tert-OH is 1. The van der Waals surface area contributed by atoms with Crippen LogP contribution in [0.3, 0.4) is 0 Å². The van der Waals surface area contributed by atoms with Crippen LogP contribution in [0.4, 0.5) is 5.69 Å². The lowest BCUT2D eigenvalue weighted by Crippen LogP contribution is -2.59. The van der Waals surface area contributed by atoms with Crippen molar-refractivity contribution in [2.75, 3.05) is 24.6 Å². The molecular formula is C29H37N3O5. The Morgan fingerprint density at radius 2 is 1.68 bits per heavy atom. The summed E-state index contributed by atoms with van der Waals surface area (Å²) in [5, 5.41) is 10.2. The summed E-state index contributed by atoms with van der Waals surface area (Å²) in [7, 11) is 0. The number of likely N-dealkylation sites (tertiary alicyclic amines) is 1. The van der Waals surface area contributed by atoms with Crippen LogP contribution in [-0.4, -0.2) is 81.7 Å². The fraction of sp³-hybridized carbons (Fsp3) is 0.552. The molecule has 2 fully saturated rings. The predicted octanol–water partition coefficient (Wildman–Crippen LogP) is 2.53. The van der Waals surface area contributed by atoms with E-state index < -0.39 is 35.1 Å². The Morgan fingerprint density at radius 3 is 2.30 bits per heavy atom. The van der Waals surface area contributed by atoms with Gasteiger partial charge in [-0.25, -0.2) is 0 Å². The van der Waals surface area contributed by atoms with E-state index >= 15 is 0 Å². The number of amides is 3. The van der Waals surface area contributed by atoms with Gasteiger partial charge in [0, 0.05) is 24.8 Å². The Morgan fingerprint density at radius 1 is 0.973 bits per heavy atom. The molecule has 1 N–H and O–H groups in total. The molecule has 0 radical (unpaired) electrons. The van der Waals surface area contributed by atoms with Gasteiger partial charge < -0.3 is 24.5 Å². The van der Waals surface area contributed by atoms with Gasteiger partial charge in [0.05, 0.1) is 30.1 Å². The maximum Gasteiger partial charge on any atom is 0.249 e. The molecule has 2 saturated heterocycles. The largest absolute Gasteiger partial charge is 0.394 e. The molecular weight excluding hydrogens is 470 g/mol. The summed E-state index contributed by atoms with van der Waals surface area (Å²) in [4.78, 5) is 47.9. The number of nitrogens with zero attached hydrogens (tertiary/aromatic N) is 3. The minimum Gasteiger partial charge on any atom is -0.394 e. The third-order valence-electron chi connectivity index (χ3n) is 8.68. The molecule has 0 bridgehead atoms. The van der Waals surface area contributed by atoms with E-state index in [1.165, 1.54) is 4.90 Å². The van der Waals surface area contributed by atoms with Crippen LogP contribution in [0.25, 0.3) is 0 Å². The number of anilines is 1. The van der Waals surface area contributed by atoms with Gasteiger partial charge in [0.15, 0.2) is 0 Å². The Kier molecular flexibility index (Phi) is 6.52. The minimum atomic E-state index is -1.30. The monoisotopic (exact) mass is 507 g/mol. The molecule has 8 heteroatoms. The summed E-state index contributed by atoms with van der Waals surface area (Å²) in [5.74, 6) is -2.38. The van der Waals surface area contributed by atoms with Crippen molar-refractivity contribution in [3.8, 4) is 0 Å². The lowest BCUT2D eigenvalue weighted by atomic mass is 9.73. The topological polar surface area (TPSA) is 90.4 Å². The molecule has 3 amide bonds. The lowest BCUT2D eigenvalue weighted by Gasteiger charge is -2.41. The molecule has 0 aromatic heterocycles. The van der Waals surface area contributed by atoms with Crippen LogP contribution in [0.1, 0.15) is 40.5 Å². The van der Waals surface area contributed by atoms with Gasteiger partial charge in [0.25, 0.3) is 0 Å². The van der Waals surface area contributed by atoms with E-state index in [1.54, 1.807) is 9.80 Å². The summed E-state index contributed by atoms with van der Waals surface area (Å²) in [6, 6.07) is 7.85. The standard InChI is InChI=1S/C29H37N3O5/c1-5-20(18-33)32-24-27(36)30(19(3)4)16-11-15-29(24)23(26(32)35)22-25(34)31(21-12-8-7-9-13-21)17-10-14-28(22,6-2)37-29/h7-15,19-20,22-24,33H,5-6,16-18H2,1-4H3/t20-,22+,23-,24?,28-,29-/m0/s1. The molecule has 1 spiro atoms. The number of aliphatic hydroxyl groups is 1. The summed E-state index contributed by atoms with van der Waals surface area (Å²) in [5.41, 5.74) is -1.57. The fourth-order valence-electron chi connectivity index (χ4n) is 6.83. The van der Waals surface area contributed by atoms with Gasteiger partial charge in [-0.2, -0.15) is 0 Å². The van der Waals surface area contributed by atoms with Crippen molar-refractivity contribution in [1.82, 2.24) is 9.80 Å². The second-order valence-electron chi connectivity index (χ2n) is 10.8. The fourth-order valence-corrected chi connectivity index (χ4v) is 6.83. The van der Waals surface area contributed by atoms with Crippen LogP contribution in [0.5, 0.6) is 0 Å². The average Bonchev–Trinajstić information content (AvgIpc) is 3.18. The van der Waals surface area contributed by atoms with Gasteiger partial charge in [-0.15, -0.1) is 0 Å². The number of carbonyl (C=O) groups is 3. The molecule has 4 heterocycles. The molecule has 6 atom stereocenters. The van der Waals surface area contributed by atoms with Crippen molar-refractivity contribution in [1.29, 1.82) is 0 Å². The number of fused-ring (bicyclic) bond motifs is 2. The van der Waals surface area contributed by atoms with Gasteiger partial charge in [-0.05, 0) is 38.8 Å². The van der Waals surface area contributed by atoms with Crippen LogP contribution < -0.4 is 4.90 Å². The number of benzene rings is 1. The highest BCUT2D eigenvalue weighted by atomic mass is 16.5. The van der Waals surface area contributed by atoms with E-state index in [-0.39, 0.29) is 30.4 Å². The zero-order chi connectivity index (χ0) is 26.5. The van der Waals surface area contributed by atoms with E-state index in [0.29, 0.717) is 25.9 Å². The van der Waals surface area contributed by atoms with Gasteiger partial charge >= 0.3 is 0 Å². The molecule has 5 rings (SSSR count). The van der Waals surface area contributed by atoms with E-state index in [0.717, 1.165) is 5.69 Å². The Labute approximate surface area is 218 Å². The predicted molar refractivity (Wildman–Crippen MR) is 140 cm³/mol. The first-order valence-electron chi connectivity index (χ1n) is 13.4. The first kappa shape index (κ1) is 25.7. The third kappa shape index (κ3) is 3.60. The van der Waals surface area contributed by atoms with Gasteiger partial charge in [0.2, 0.25) is 17.7 Å². The third-order valence-corrected chi connectivity index (χ3v) is 8.68. The molecule has 4 aliphatic rings. The number of para-hydroxylation sites is 1. The van der Waals surface area contributed by atoms with Gasteiger partial charge in [0.1, 0.15) is 11.6 Å². The molecule has 8 nitrogen and oxygen atoms in total. The highest BCUT2D eigenvalue weighted by Crippen LogP contribution is 2.59. The second kappa shape index (κ2) is 9.40. The van der Waals surface area contributed by atoms with Crippen molar-refractivity contribution >= 4 is 23.4 Å². The van der Waals surface area contributed by atoms with Crippen molar-refractivity contribution in [3.05, 3.63) is 54.6 Å². The maximum absolute atomic E-state index is 14.4. The van der Waals surface area contributed by atoms with Crippen LogP contribution in [0.2, 0.25) is 0 Å². The first-order chi connectivity index (χ1) is 17.8. The van der Waals surface area contributed by atoms with E-state index in [1.807, 2.05) is 82.3 Å². The quantitative estimate of drug-likeness (QED) is 0.598. The summed E-state index contributed by atoms with van der Waals surface area (Å²) in [6.45, 7) is 8.24. The normalized spacial score (nSPS) is 33.9. The number of hydrogen-bond acceptors (Lipinski definition) is 5.